The molecule has 62 valence electrons. The summed E-state index contributed by atoms with van der Waals surface area (Å²) in [4.78, 5) is 0. The predicted octanol–water partition coefficient (Wildman–Crippen LogP) is 2.53. The summed E-state index contributed by atoms with van der Waals surface area (Å²) in [5, 5.41) is 9.77. The molecule has 2 rings (SSSR count). The minimum atomic E-state index is -0.355. The van der Waals surface area contributed by atoms with Crippen molar-refractivity contribution in [1.82, 2.24) is 0 Å². The lowest BCUT2D eigenvalue weighted by Gasteiger charge is -2.07. The first kappa shape index (κ1) is 7.56. The van der Waals surface area contributed by atoms with E-state index in [1.807, 2.05) is 24.3 Å². The van der Waals surface area contributed by atoms with E-state index in [1.54, 1.807) is 0 Å². The number of aliphatic hydroxyl groups is 1. The highest BCUT2D eigenvalue weighted by Crippen LogP contribution is 2.35. The van der Waals surface area contributed by atoms with Gasteiger partial charge in [0.15, 0.2) is 0 Å². The molecule has 0 radical (unpaired) electrons. The molecule has 0 aromatic heterocycles. The lowest BCUT2D eigenvalue weighted by Crippen LogP contribution is -1.95. The van der Waals surface area contributed by atoms with Crippen LogP contribution in [-0.2, 0) is 0 Å². The summed E-state index contributed by atoms with van der Waals surface area (Å²) < 4.78 is 0. The van der Waals surface area contributed by atoms with Crippen molar-refractivity contribution in [3.63, 3.8) is 0 Å². The first-order valence-electron chi connectivity index (χ1n) is 4.30. The molecule has 0 heterocycles. The lowest BCUT2D eigenvalue weighted by molar-refractivity contribution is 0.216. The molecule has 1 aromatic carbocycles. The molecule has 1 heteroatoms. The Morgan fingerprint density at radius 3 is 2.75 bits per heavy atom. The highest BCUT2D eigenvalue weighted by atomic mass is 16.3. The Morgan fingerprint density at radius 2 is 2.08 bits per heavy atom. The first-order valence-corrected chi connectivity index (χ1v) is 4.30. The molecule has 1 aromatic rings. The maximum absolute atomic E-state index is 9.77. The second-order valence-corrected chi connectivity index (χ2v) is 3.10. The van der Waals surface area contributed by atoms with Gasteiger partial charge in [-0.05, 0) is 23.1 Å². The molecule has 1 unspecified atom stereocenters. The Labute approximate surface area is 72.4 Å². The summed E-state index contributed by atoms with van der Waals surface area (Å²) in [6.45, 7) is 2.07. The van der Waals surface area contributed by atoms with Crippen molar-refractivity contribution < 1.29 is 5.11 Å². The second-order valence-electron chi connectivity index (χ2n) is 3.10. The number of rotatable bonds is 1. The minimum Gasteiger partial charge on any atom is -0.384 e. The monoisotopic (exact) mass is 160 g/mol. The van der Waals surface area contributed by atoms with E-state index in [4.69, 9.17) is 0 Å². The second kappa shape index (κ2) is 2.76. The Balaban J connectivity index is 2.47. The molecule has 1 N–H and O–H groups in total. The maximum atomic E-state index is 9.77. The van der Waals surface area contributed by atoms with Crippen molar-refractivity contribution in [1.29, 1.82) is 0 Å². The molecule has 0 bridgehead atoms. The van der Waals surface area contributed by atoms with Gasteiger partial charge in [0.2, 0.25) is 0 Å². The Bertz CT molecular complexity index is 326. The van der Waals surface area contributed by atoms with E-state index in [0.29, 0.717) is 0 Å². The maximum Gasteiger partial charge on any atom is 0.101 e. The van der Waals surface area contributed by atoms with Gasteiger partial charge in [-0.25, -0.2) is 0 Å². The Hall–Kier alpha value is -1.08. The first-order chi connectivity index (χ1) is 5.83. The number of hydrogen-bond donors (Lipinski definition) is 1. The highest BCUT2D eigenvalue weighted by molar-refractivity contribution is 5.65. The Morgan fingerprint density at radius 1 is 1.33 bits per heavy atom. The third kappa shape index (κ3) is 0.978. The van der Waals surface area contributed by atoms with Crippen LogP contribution in [0.15, 0.2) is 29.8 Å². The molecular formula is C11H12O. The fourth-order valence-corrected chi connectivity index (χ4v) is 1.67. The minimum absolute atomic E-state index is 0.355. The third-order valence-corrected chi connectivity index (χ3v) is 2.39. The van der Waals surface area contributed by atoms with E-state index in [-0.39, 0.29) is 6.10 Å². The molecule has 0 aliphatic heterocycles. The van der Waals surface area contributed by atoms with Crippen LogP contribution in [0.2, 0.25) is 0 Å². The summed E-state index contributed by atoms with van der Waals surface area (Å²) in [7, 11) is 0. The smallest absolute Gasteiger partial charge is 0.101 e. The van der Waals surface area contributed by atoms with E-state index in [2.05, 4.69) is 13.0 Å². The van der Waals surface area contributed by atoms with Gasteiger partial charge in [0, 0.05) is 0 Å². The van der Waals surface area contributed by atoms with E-state index in [9.17, 15) is 5.11 Å². The normalized spacial score (nSPS) is 20.5. The summed E-state index contributed by atoms with van der Waals surface area (Å²) in [5.41, 5.74) is 3.34. The number of benzene rings is 1. The van der Waals surface area contributed by atoms with E-state index in [1.165, 1.54) is 5.56 Å². The molecule has 0 fully saturated rings. The van der Waals surface area contributed by atoms with Gasteiger partial charge in [-0.15, -0.1) is 0 Å². The van der Waals surface area contributed by atoms with Crippen molar-refractivity contribution in [3.8, 4) is 0 Å². The third-order valence-electron chi connectivity index (χ3n) is 2.39. The zero-order valence-corrected chi connectivity index (χ0v) is 7.12. The largest absolute Gasteiger partial charge is 0.384 e. The van der Waals surface area contributed by atoms with Crippen LogP contribution in [0.25, 0.3) is 6.08 Å². The summed E-state index contributed by atoms with van der Waals surface area (Å²) in [6.07, 6.45) is 2.65. The van der Waals surface area contributed by atoms with Crippen molar-refractivity contribution in [2.75, 3.05) is 0 Å². The number of aliphatic hydroxyl groups excluding tert-OH is 1. The van der Waals surface area contributed by atoms with Gasteiger partial charge in [-0.1, -0.05) is 37.3 Å². The molecular weight excluding hydrogens is 148 g/mol. The molecule has 1 atom stereocenters. The Kier molecular flexibility index (Phi) is 1.74. The average Bonchev–Trinajstić information content (AvgIpc) is 2.44. The van der Waals surface area contributed by atoms with Gasteiger partial charge < -0.3 is 5.11 Å². The fraction of sp³-hybridized carbons (Fsp3) is 0.273. The van der Waals surface area contributed by atoms with Crippen LogP contribution in [-0.4, -0.2) is 5.11 Å². The van der Waals surface area contributed by atoms with Crippen LogP contribution in [0.1, 0.15) is 30.6 Å². The standard InChI is InChI=1S/C11H12O/c1-2-8-7-9-5-3-4-6-10(9)11(8)12/h3-7,11-12H,2H2,1H3. The molecule has 12 heavy (non-hydrogen) atoms. The van der Waals surface area contributed by atoms with E-state index < -0.39 is 0 Å². The molecule has 1 aliphatic carbocycles. The lowest BCUT2D eigenvalue weighted by atomic mass is 10.1. The van der Waals surface area contributed by atoms with E-state index in [0.717, 1.165) is 17.6 Å². The van der Waals surface area contributed by atoms with Crippen molar-refractivity contribution in [2.24, 2.45) is 0 Å². The van der Waals surface area contributed by atoms with Crippen molar-refractivity contribution in [3.05, 3.63) is 41.0 Å². The average molecular weight is 160 g/mol. The van der Waals surface area contributed by atoms with Gasteiger partial charge in [-0.3, -0.25) is 0 Å². The molecule has 0 amide bonds. The molecule has 1 nitrogen and oxygen atoms in total. The molecule has 0 saturated heterocycles. The zero-order valence-electron chi connectivity index (χ0n) is 7.12. The van der Waals surface area contributed by atoms with Gasteiger partial charge in [0.1, 0.15) is 6.10 Å². The fourth-order valence-electron chi connectivity index (χ4n) is 1.67. The van der Waals surface area contributed by atoms with Crippen LogP contribution in [0, 0.1) is 0 Å². The van der Waals surface area contributed by atoms with Crippen LogP contribution < -0.4 is 0 Å². The van der Waals surface area contributed by atoms with Crippen LogP contribution in [0.5, 0.6) is 0 Å². The number of fused-ring (bicyclic) bond motifs is 1. The van der Waals surface area contributed by atoms with Gasteiger partial charge in [0.05, 0.1) is 0 Å². The quantitative estimate of drug-likeness (QED) is 0.669. The molecule has 0 spiro atoms. The van der Waals surface area contributed by atoms with Gasteiger partial charge in [-0.2, -0.15) is 0 Å². The molecule has 0 saturated carbocycles. The summed E-state index contributed by atoms with van der Waals surface area (Å²) in [6, 6.07) is 8.00. The van der Waals surface area contributed by atoms with Crippen LogP contribution in [0.3, 0.4) is 0 Å². The van der Waals surface area contributed by atoms with Crippen LogP contribution >= 0.6 is 0 Å². The van der Waals surface area contributed by atoms with Crippen molar-refractivity contribution in [2.45, 2.75) is 19.4 Å². The van der Waals surface area contributed by atoms with Crippen LogP contribution in [0.4, 0.5) is 0 Å². The zero-order chi connectivity index (χ0) is 8.55. The predicted molar refractivity (Wildman–Crippen MR) is 49.7 cm³/mol. The molecule has 1 aliphatic rings. The van der Waals surface area contributed by atoms with Gasteiger partial charge in [0.25, 0.3) is 0 Å². The highest BCUT2D eigenvalue weighted by Gasteiger charge is 2.20. The summed E-state index contributed by atoms with van der Waals surface area (Å²) in [5.74, 6) is 0. The van der Waals surface area contributed by atoms with Gasteiger partial charge >= 0.3 is 0 Å². The topological polar surface area (TPSA) is 20.2 Å². The summed E-state index contributed by atoms with van der Waals surface area (Å²) >= 11 is 0. The SMILES string of the molecule is CCC1=Cc2ccccc2C1O. The van der Waals surface area contributed by atoms with Crippen molar-refractivity contribution >= 4 is 6.08 Å². The van der Waals surface area contributed by atoms with E-state index >= 15 is 0 Å². The number of hydrogen-bond acceptors (Lipinski definition) is 1.